The lowest BCUT2D eigenvalue weighted by Gasteiger charge is -2.41. The highest BCUT2D eigenvalue weighted by molar-refractivity contribution is 5.75. The Morgan fingerprint density at radius 3 is 2.19 bits per heavy atom. The third-order valence-corrected chi connectivity index (χ3v) is 5.60. The molecule has 0 radical (unpaired) electrons. The number of carboxylic acid groups (broad SMARTS) is 1. The predicted octanol–water partition coefficient (Wildman–Crippen LogP) is 2.56. The van der Waals surface area contributed by atoms with Crippen molar-refractivity contribution in [3.63, 3.8) is 0 Å². The van der Waals surface area contributed by atoms with Crippen LogP contribution in [0.5, 0.6) is 0 Å². The number of carbonyl (C=O) groups excluding carboxylic acids is 1. The molecule has 2 amide bonds. The molecule has 118 valence electrons. The second-order valence-electron chi connectivity index (χ2n) is 7.19. The highest BCUT2D eigenvalue weighted by Crippen LogP contribution is 2.40. The molecule has 2 saturated heterocycles. The van der Waals surface area contributed by atoms with Crippen molar-refractivity contribution in [1.29, 1.82) is 0 Å². The van der Waals surface area contributed by atoms with Crippen LogP contribution in [0.1, 0.15) is 51.4 Å². The molecule has 2 atom stereocenters. The molecule has 0 spiro atoms. The monoisotopic (exact) mass is 294 g/mol. The van der Waals surface area contributed by atoms with Crippen LogP contribution in [0.2, 0.25) is 0 Å². The van der Waals surface area contributed by atoms with Gasteiger partial charge in [-0.05, 0) is 50.4 Å². The van der Waals surface area contributed by atoms with Crippen molar-refractivity contribution >= 4 is 12.0 Å². The first-order chi connectivity index (χ1) is 10.0. The van der Waals surface area contributed by atoms with Crippen LogP contribution in [0.25, 0.3) is 0 Å². The van der Waals surface area contributed by atoms with E-state index in [1.807, 2.05) is 11.9 Å². The van der Waals surface area contributed by atoms with E-state index in [-0.39, 0.29) is 30.5 Å². The van der Waals surface area contributed by atoms with E-state index in [0.717, 1.165) is 32.2 Å². The van der Waals surface area contributed by atoms with Gasteiger partial charge in [-0.25, -0.2) is 4.79 Å². The average Bonchev–Trinajstić information content (AvgIpc) is 2.63. The summed E-state index contributed by atoms with van der Waals surface area (Å²) in [7, 11) is 1.92. The van der Waals surface area contributed by atoms with Crippen LogP contribution in [0.4, 0.5) is 4.79 Å². The van der Waals surface area contributed by atoms with Crippen molar-refractivity contribution in [2.75, 3.05) is 13.6 Å². The largest absolute Gasteiger partial charge is 0.481 e. The number of rotatable bonds is 4. The highest BCUT2D eigenvalue weighted by atomic mass is 16.4. The van der Waals surface area contributed by atoms with E-state index < -0.39 is 5.97 Å². The molecule has 3 rings (SSSR count). The zero-order chi connectivity index (χ0) is 15.0. The van der Waals surface area contributed by atoms with Gasteiger partial charge in [-0.1, -0.05) is 6.42 Å². The molecule has 2 aliphatic heterocycles. The zero-order valence-electron chi connectivity index (χ0n) is 12.8. The van der Waals surface area contributed by atoms with Crippen molar-refractivity contribution in [1.82, 2.24) is 9.80 Å². The fourth-order valence-electron chi connectivity index (χ4n) is 4.35. The maximum absolute atomic E-state index is 12.7. The second kappa shape index (κ2) is 5.85. The van der Waals surface area contributed by atoms with E-state index in [1.165, 1.54) is 19.3 Å². The molecule has 0 aromatic heterocycles. The van der Waals surface area contributed by atoms with Crippen LogP contribution in [-0.4, -0.2) is 52.6 Å². The van der Waals surface area contributed by atoms with Gasteiger partial charge >= 0.3 is 12.0 Å². The van der Waals surface area contributed by atoms with Gasteiger partial charge in [0.2, 0.25) is 0 Å². The normalized spacial score (nSPS) is 31.9. The number of nitrogens with zero attached hydrogens (tertiary/aromatic N) is 2. The smallest absolute Gasteiger partial charge is 0.320 e. The van der Waals surface area contributed by atoms with Crippen molar-refractivity contribution < 1.29 is 14.7 Å². The van der Waals surface area contributed by atoms with Crippen molar-refractivity contribution in [2.45, 2.75) is 63.5 Å². The van der Waals surface area contributed by atoms with Crippen molar-refractivity contribution in [3.05, 3.63) is 0 Å². The summed E-state index contributed by atoms with van der Waals surface area (Å²) >= 11 is 0. The predicted molar refractivity (Wildman–Crippen MR) is 79.0 cm³/mol. The molecule has 2 unspecified atom stereocenters. The minimum atomic E-state index is -0.707. The summed E-state index contributed by atoms with van der Waals surface area (Å²) < 4.78 is 0. The number of amides is 2. The quantitative estimate of drug-likeness (QED) is 0.867. The Morgan fingerprint density at radius 2 is 1.71 bits per heavy atom. The van der Waals surface area contributed by atoms with E-state index in [4.69, 9.17) is 5.11 Å². The van der Waals surface area contributed by atoms with Gasteiger partial charge in [-0.15, -0.1) is 0 Å². The Balaban J connectivity index is 1.58. The number of urea groups is 1. The molecule has 0 aromatic carbocycles. The topological polar surface area (TPSA) is 60.9 Å². The number of hydrogen-bond donors (Lipinski definition) is 1. The van der Waals surface area contributed by atoms with Gasteiger partial charge in [0.1, 0.15) is 0 Å². The van der Waals surface area contributed by atoms with E-state index in [2.05, 4.69) is 4.90 Å². The number of aliphatic carboxylic acids is 1. The molecule has 2 heterocycles. The van der Waals surface area contributed by atoms with Crippen LogP contribution >= 0.6 is 0 Å². The van der Waals surface area contributed by atoms with Crippen molar-refractivity contribution in [3.8, 4) is 0 Å². The van der Waals surface area contributed by atoms with Gasteiger partial charge in [0, 0.05) is 32.1 Å². The molecular weight excluding hydrogens is 268 g/mol. The van der Waals surface area contributed by atoms with E-state index in [9.17, 15) is 9.59 Å². The van der Waals surface area contributed by atoms with E-state index in [0.29, 0.717) is 5.92 Å². The third kappa shape index (κ3) is 3.01. The summed E-state index contributed by atoms with van der Waals surface area (Å²) in [5, 5.41) is 8.97. The van der Waals surface area contributed by atoms with Crippen LogP contribution in [0.3, 0.4) is 0 Å². The molecule has 1 N–H and O–H groups in total. The van der Waals surface area contributed by atoms with E-state index >= 15 is 0 Å². The number of fused-ring (bicyclic) bond motifs is 2. The van der Waals surface area contributed by atoms with Crippen LogP contribution in [0.15, 0.2) is 0 Å². The molecule has 0 aromatic rings. The SMILES string of the molecule is CN(CC1CCC1)C(=O)N1C2CCC1CC(CC(=O)O)C2. The van der Waals surface area contributed by atoms with E-state index in [1.54, 1.807) is 0 Å². The maximum atomic E-state index is 12.7. The summed E-state index contributed by atoms with van der Waals surface area (Å²) in [5.41, 5.74) is 0. The summed E-state index contributed by atoms with van der Waals surface area (Å²) in [4.78, 5) is 27.6. The Hall–Kier alpha value is -1.26. The Morgan fingerprint density at radius 1 is 1.10 bits per heavy atom. The molecule has 1 aliphatic carbocycles. The van der Waals surface area contributed by atoms with Crippen LogP contribution in [-0.2, 0) is 4.79 Å². The summed E-state index contributed by atoms with van der Waals surface area (Å²) in [6, 6.07) is 0.706. The number of carboxylic acids is 1. The minimum absolute atomic E-state index is 0.170. The molecule has 3 aliphatic rings. The first-order valence-electron chi connectivity index (χ1n) is 8.29. The Labute approximate surface area is 126 Å². The van der Waals surface area contributed by atoms with Gasteiger partial charge in [0.15, 0.2) is 0 Å². The highest BCUT2D eigenvalue weighted by Gasteiger charge is 2.44. The van der Waals surface area contributed by atoms with Gasteiger partial charge in [0.25, 0.3) is 0 Å². The standard InChI is InChI=1S/C16H26N2O3/c1-17(10-11-3-2-4-11)16(21)18-13-5-6-14(18)8-12(7-13)9-15(19)20/h11-14H,2-10H2,1H3,(H,19,20). The summed E-state index contributed by atoms with van der Waals surface area (Å²) in [5.74, 6) is 0.239. The van der Waals surface area contributed by atoms with Crippen molar-refractivity contribution in [2.24, 2.45) is 11.8 Å². The average molecular weight is 294 g/mol. The van der Waals surface area contributed by atoms with Gasteiger partial charge in [-0.2, -0.15) is 0 Å². The molecule has 1 saturated carbocycles. The lowest BCUT2D eigenvalue weighted by Crippen LogP contribution is -2.52. The molecule has 21 heavy (non-hydrogen) atoms. The van der Waals surface area contributed by atoms with Gasteiger partial charge in [0.05, 0.1) is 0 Å². The Bertz CT molecular complexity index is 408. The maximum Gasteiger partial charge on any atom is 0.320 e. The molecule has 5 nitrogen and oxygen atoms in total. The fraction of sp³-hybridized carbons (Fsp3) is 0.875. The molecule has 2 bridgehead atoms. The second-order valence-corrected chi connectivity index (χ2v) is 7.19. The van der Waals surface area contributed by atoms with Gasteiger partial charge in [-0.3, -0.25) is 4.79 Å². The first kappa shape index (κ1) is 14.7. The van der Waals surface area contributed by atoms with Gasteiger partial charge < -0.3 is 14.9 Å². The fourth-order valence-corrected chi connectivity index (χ4v) is 4.35. The molecular formula is C16H26N2O3. The lowest BCUT2D eigenvalue weighted by molar-refractivity contribution is -0.138. The summed E-state index contributed by atoms with van der Waals surface area (Å²) in [6.45, 7) is 0.882. The first-order valence-corrected chi connectivity index (χ1v) is 8.29. The lowest BCUT2D eigenvalue weighted by atomic mass is 9.85. The third-order valence-electron chi connectivity index (χ3n) is 5.60. The number of hydrogen-bond acceptors (Lipinski definition) is 2. The minimum Gasteiger partial charge on any atom is -0.481 e. The number of carbonyl (C=O) groups is 2. The number of piperidine rings is 1. The Kier molecular flexibility index (Phi) is 4.09. The molecule has 3 fully saturated rings. The zero-order valence-corrected chi connectivity index (χ0v) is 12.8. The van der Waals surface area contributed by atoms with Crippen LogP contribution < -0.4 is 0 Å². The summed E-state index contributed by atoms with van der Waals surface area (Å²) in [6.07, 6.45) is 7.90. The molecule has 5 heteroatoms. The van der Waals surface area contributed by atoms with Crippen LogP contribution in [0, 0.1) is 11.8 Å².